The highest BCUT2D eigenvalue weighted by Crippen LogP contribution is 2.35. The summed E-state index contributed by atoms with van der Waals surface area (Å²) in [5.74, 6) is 0.990. The van der Waals surface area contributed by atoms with Crippen LogP contribution in [0.25, 0.3) is 22.3 Å². The van der Waals surface area contributed by atoms with Gasteiger partial charge in [0.05, 0.1) is 32.9 Å². The number of rotatable bonds is 8. The Morgan fingerprint density at radius 2 is 1.76 bits per heavy atom. The third kappa shape index (κ3) is 6.60. The van der Waals surface area contributed by atoms with Gasteiger partial charge < -0.3 is 9.47 Å². The Labute approximate surface area is 257 Å². The van der Waals surface area contributed by atoms with Crippen molar-refractivity contribution in [2.75, 3.05) is 6.61 Å². The maximum Gasteiger partial charge on any atom is 0.416 e. The lowest BCUT2D eigenvalue weighted by Gasteiger charge is -2.15. The molecule has 0 aliphatic carbocycles. The zero-order valence-electron chi connectivity index (χ0n) is 22.0. The maximum absolute atomic E-state index is 13.5. The van der Waals surface area contributed by atoms with Crippen molar-refractivity contribution in [3.05, 3.63) is 121 Å². The number of hydrogen-bond acceptors (Lipinski definition) is 5. The molecule has 214 valence electrons. The van der Waals surface area contributed by atoms with Gasteiger partial charge in [-0.1, -0.05) is 48.0 Å². The number of alkyl halides is 3. The van der Waals surface area contributed by atoms with Crippen LogP contribution in [0.5, 0.6) is 11.5 Å². The number of ether oxygens (including phenoxy) is 2. The zero-order valence-corrected chi connectivity index (χ0v) is 24.9. The molecule has 0 unspecified atom stereocenters. The van der Waals surface area contributed by atoms with E-state index in [-0.39, 0.29) is 16.8 Å². The van der Waals surface area contributed by atoms with Crippen LogP contribution in [0.15, 0.2) is 94.8 Å². The van der Waals surface area contributed by atoms with Gasteiger partial charge in [-0.05, 0) is 89.2 Å². The largest absolute Gasteiger partial charge is 0.490 e. The summed E-state index contributed by atoms with van der Waals surface area (Å²) < 4.78 is 54.1. The Morgan fingerprint density at radius 3 is 2.50 bits per heavy atom. The molecule has 0 N–H and O–H groups in total. The monoisotopic (exact) mass is 703 g/mol. The standard InChI is InChI=1S/C31H22ClF3IN3O3/c1-2-41-27-15-20(14-25(36)28(27)42-18-19-10-12-23(32)13-11-19)17-37-39-29(21-6-5-7-22(16-21)31(33,34)35)38-26-9-4-3-8-24(26)30(39)40/h3-17H,2,18H2,1H3. The minimum Gasteiger partial charge on any atom is -0.490 e. The summed E-state index contributed by atoms with van der Waals surface area (Å²) in [6, 6.07) is 22.1. The lowest BCUT2D eigenvalue weighted by molar-refractivity contribution is -0.137. The van der Waals surface area contributed by atoms with E-state index in [1.807, 2.05) is 19.1 Å². The molecule has 0 fully saturated rings. The zero-order chi connectivity index (χ0) is 29.9. The third-order valence-electron chi connectivity index (χ3n) is 6.15. The van der Waals surface area contributed by atoms with Crippen LogP contribution in [-0.4, -0.2) is 22.5 Å². The molecule has 0 aliphatic heterocycles. The summed E-state index contributed by atoms with van der Waals surface area (Å²) in [5.41, 5.74) is 0.567. The van der Waals surface area contributed by atoms with Gasteiger partial charge in [0.25, 0.3) is 5.56 Å². The first-order valence-corrected chi connectivity index (χ1v) is 14.2. The predicted octanol–water partition coefficient (Wildman–Crippen LogP) is 8.20. The highest BCUT2D eigenvalue weighted by Gasteiger charge is 2.31. The van der Waals surface area contributed by atoms with Gasteiger partial charge in [-0.25, -0.2) is 4.98 Å². The molecule has 42 heavy (non-hydrogen) atoms. The molecular weight excluding hydrogens is 682 g/mol. The summed E-state index contributed by atoms with van der Waals surface area (Å²) in [4.78, 5) is 18.0. The van der Waals surface area contributed by atoms with Crippen molar-refractivity contribution < 1.29 is 22.6 Å². The van der Waals surface area contributed by atoms with E-state index in [0.29, 0.717) is 40.8 Å². The molecule has 5 rings (SSSR count). The highest BCUT2D eigenvalue weighted by atomic mass is 127. The van der Waals surface area contributed by atoms with Gasteiger partial charge in [0.15, 0.2) is 17.3 Å². The van der Waals surface area contributed by atoms with Crippen molar-refractivity contribution in [2.24, 2.45) is 5.10 Å². The van der Waals surface area contributed by atoms with Crippen LogP contribution < -0.4 is 15.0 Å². The summed E-state index contributed by atoms with van der Waals surface area (Å²) in [6.45, 7) is 2.51. The van der Waals surface area contributed by atoms with E-state index in [1.54, 1.807) is 48.5 Å². The van der Waals surface area contributed by atoms with E-state index in [9.17, 15) is 18.0 Å². The topological polar surface area (TPSA) is 65.7 Å². The molecule has 11 heteroatoms. The van der Waals surface area contributed by atoms with Gasteiger partial charge >= 0.3 is 6.18 Å². The fourth-order valence-corrected chi connectivity index (χ4v) is 5.09. The minimum atomic E-state index is -4.56. The van der Waals surface area contributed by atoms with E-state index in [2.05, 4.69) is 32.7 Å². The molecule has 0 aliphatic rings. The second-order valence-corrected chi connectivity index (χ2v) is 10.7. The molecule has 0 spiro atoms. The number of benzene rings is 4. The molecule has 0 bridgehead atoms. The second-order valence-electron chi connectivity index (χ2n) is 9.07. The average molecular weight is 704 g/mol. The van der Waals surface area contributed by atoms with Crippen LogP contribution in [0.4, 0.5) is 13.2 Å². The van der Waals surface area contributed by atoms with E-state index < -0.39 is 17.3 Å². The van der Waals surface area contributed by atoms with Crippen LogP contribution in [0.2, 0.25) is 5.02 Å². The Bertz CT molecular complexity index is 1840. The van der Waals surface area contributed by atoms with Gasteiger partial charge in [-0.2, -0.15) is 22.9 Å². The van der Waals surface area contributed by atoms with Crippen molar-refractivity contribution in [3.63, 3.8) is 0 Å². The molecule has 4 aromatic carbocycles. The van der Waals surface area contributed by atoms with E-state index in [4.69, 9.17) is 21.1 Å². The number of hydrogen-bond donors (Lipinski definition) is 0. The lowest BCUT2D eigenvalue weighted by atomic mass is 10.1. The van der Waals surface area contributed by atoms with Crippen molar-refractivity contribution in [2.45, 2.75) is 19.7 Å². The van der Waals surface area contributed by atoms with E-state index in [0.717, 1.165) is 25.9 Å². The van der Waals surface area contributed by atoms with Crippen molar-refractivity contribution in [3.8, 4) is 22.9 Å². The summed E-state index contributed by atoms with van der Waals surface area (Å²) in [5, 5.41) is 5.30. The highest BCUT2D eigenvalue weighted by molar-refractivity contribution is 14.1. The average Bonchev–Trinajstić information content (AvgIpc) is 2.97. The smallest absolute Gasteiger partial charge is 0.416 e. The van der Waals surface area contributed by atoms with Crippen LogP contribution in [0, 0.1) is 3.57 Å². The van der Waals surface area contributed by atoms with Gasteiger partial charge in [-0.3, -0.25) is 4.79 Å². The number of para-hydroxylation sites is 1. The molecule has 0 saturated heterocycles. The van der Waals surface area contributed by atoms with Crippen molar-refractivity contribution >= 4 is 51.3 Å². The Balaban J connectivity index is 1.55. The van der Waals surface area contributed by atoms with Gasteiger partial charge in [-0.15, -0.1) is 0 Å². The number of aromatic nitrogens is 2. The van der Waals surface area contributed by atoms with Gasteiger partial charge in [0, 0.05) is 10.6 Å². The normalized spacial score (nSPS) is 11.8. The fraction of sp³-hybridized carbons (Fsp3) is 0.129. The molecule has 1 aromatic heterocycles. The first-order valence-electron chi connectivity index (χ1n) is 12.7. The molecule has 0 saturated carbocycles. The van der Waals surface area contributed by atoms with E-state index in [1.165, 1.54) is 18.3 Å². The van der Waals surface area contributed by atoms with Gasteiger partial charge in [0.2, 0.25) is 0 Å². The third-order valence-corrected chi connectivity index (χ3v) is 7.21. The second kappa shape index (κ2) is 12.5. The Morgan fingerprint density at radius 1 is 1.00 bits per heavy atom. The van der Waals surface area contributed by atoms with Crippen LogP contribution in [0.1, 0.15) is 23.6 Å². The first-order chi connectivity index (χ1) is 20.1. The van der Waals surface area contributed by atoms with Crippen LogP contribution >= 0.6 is 34.2 Å². The van der Waals surface area contributed by atoms with Crippen LogP contribution in [-0.2, 0) is 12.8 Å². The molecule has 5 aromatic rings. The molecule has 6 nitrogen and oxygen atoms in total. The predicted molar refractivity (Wildman–Crippen MR) is 166 cm³/mol. The summed E-state index contributed by atoms with van der Waals surface area (Å²) in [6.07, 6.45) is -3.13. The molecule has 0 radical (unpaired) electrons. The van der Waals surface area contributed by atoms with Crippen molar-refractivity contribution in [1.29, 1.82) is 0 Å². The molecular formula is C31H22ClF3IN3O3. The SMILES string of the molecule is CCOc1cc(C=Nn2c(-c3cccc(C(F)(F)F)c3)nc3ccccc3c2=O)cc(I)c1OCc1ccc(Cl)cc1. The number of halogens is 5. The number of fused-ring (bicyclic) bond motifs is 1. The molecule has 0 amide bonds. The van der Waals surface area contributed by atoms with Crippen LogP contribution in [0.3, 0.4) is 0 Å². The quantitative estimate of drug-likeness (QED) is 0.121. The minimum absolute atomic E-state index is 0.0244. The summed E-state index contributed by atoms with van der Waals surface area (Å²) in [7, 11) is 0. The lowest BCUT2D eigenvalue weighted by Crippen LogP contribution is -2.20. The van der Waals surface area contributed by atoms with E-state index >= 15 is 0 Å². The Kier molecular flexibility index (Phi) is 8.83. The fourth-order valence-electron chi connectivity index (χ4n) is 4.18. The molecule has 1 heterocycles. The molecule has 0 atom stereocenters. The number of nitrogens with zero attached hydrogens (tertiary/aromatic N) is 3. The Hall–Kier alpha value is -3.90. The van der Waals surface area contributed by atoms with Crippen molar-refractivity contribution in [1.82, 2.24) is 9.66 Å². The first kappa shape index (κ1) is 29.6. The van der Waals surface area contributed by atoms with Gasteiger partial charge in [0.1, 0.15) is 6.61 Å². The summed E-state index contributed by atoms with van der Waals surface area (Å²) >= 11 is 8.10. The maximum atomic E-state index is 13.5.